The highest BCUT2D eigenvalue weighted by atomic mass is 35.5. The predicted octanol–water partition coefficient (Wildman–Crippen LogP) is 5.92. The van der Waals surface area contributed by atoms with Gasteiger partial charge >= 0.3 is 0 Å². The SMILES string of the molecule is CC[C@H](C(=O)N[C@@H](C)CC)N(CCc1ccccc1)C(=O)CN(c1ccc(Cl)cc1C)S(=O)(=O)c1ccc(C)cc1. The number of hydrogen-bond acceptors (Lipinski definition) is 4. The van der Waals surface area contributed by atoms with Gasteiger partial charge in [-0.3, -0.25) is 13.9 Å². The van der Waals surface area contributed by atoms with Gasteiger partial charge in [0.1, 0.15) is 12.6 Å². The summed E-state index contributed by atoms with van der Waals surface area (Å²) < 4.78 is 29.2. The van der Waals surface area contributed by atoms with Crippen LogP contribution < -0.4 is 9.62 Å². The van der Waals surface area contributed by atoms with Crippen molar-refractivity contribution < 1.29 is 18.0 Å². The fourth-order valence-corrected chi connectivity index (χ4v) is 6.29. The van der Waals surface area contributed by atoms with E-state index in [1.807, 2.05) is 58.0 Å². The van der Waals surface area contributed by atoms with Crippen LogP contribution in [0.4, 0.5) is 5.69 Å². The van der Waals surface area contributed by atoms with Crippen LogP contribution >= 0.6 is 11.6 Å². The Labute approximate surface area is 249 Å². The molecule has 0 fully saturated rings. The van der Waals surface area contributed by atoms with E-state index in [0.29, 0.717) is 29.1 Å². The van der Waals surface area contributed by atoms with Gasteiger partial charge in [-0.15, -0.1) is 0 Å². The summed E-state index contributed by atoms with van der Waals surface area (Å²) in [6.07, 6.45) is 1.65. The maximum absolute atomic E-state index is 14.1. The molecule has 2 amide bonds. The number of sulfonamides is 1. The molecule has 220 valence electrons. The van der Waals surface area contributed by atoms with Gasteiger partial charge in [0.25, 0.3) is 10.0 Å². The number of nitrogens with zero attached hydrogens (tertiary/aromatic N) is 2. The molecule has 7 nitrogen and oxygen atoms in total. The molecule has 0 aliphatic rings. The van der Waals surface area contributed by atoms with Crippen LogP contribution in [0.3, 0.4) is 0 Å². The number of rotatable bonds is 13. The molecule has 3 aromatic rings. The monoisotopic (exact) mass is 597 g/mol. The van der Waals surface area contributed by atoms with Crippen molar-refractivity contribution in [3.63, 3.8) is 0 Å². The molecule has 2 atom stereocenters. The Balaban J connectivity index is 2.04. The number of hydrogen-bond donors (Lipinski definition) is 1. The van der Waals surface area contributed by atoms with E-state index in [9.17, 15) is 18.0 Å². The molecular formula is C32H40ClN3O4S. The fraction of sp³-hybridized carbons (Fsp3) is 0.375. The number of nitrogens with one attached hydrogen (secondary N) is 1. The predicted molar refractivity (Wildman–Crippen MR) is 166 cm³/mol. The Kier molecular flexibility index (Phi) is 11.4. The van der Waals surface area contributed by atoms with E-state index in [0.717, 1.165) is 21.9 Å². The van der Waals surface area contributed by atoms with Gasteiger partial charge in [-0.2, -0.15) is 0 Å². The number of carbonyl (C=O) groups excluding carboxylic acids is 2. The summed E-state index contributed by atoms with van der Waals surface area (Å²) in [6.45, 7) is 9.17. The quantitative estimate of drug-likeness (QED) is 0.265. The molecular weight excluding hydrogens is 558 g/mol. The summed E-state index contributed by atoms with van der Waals surface area (Å²) in [5.41, 5.74) is 2.89. The average molecular weight is 598 g/mol. The summed E-state index contributed by atoms with van der Waals surface area (Å²) in [5.74, 6) is -0.712. The number of benzene rings is 3. The van der Waals surface area contributed by atoms with E-state index < -0.39 is 28.5 Å². The minimum Gasteiger partial charge on any atom is -0.352 e. The largest absolute Gasteiger partial charge is 0.352 e. The molecule has 0 aromatic heterocycles. The third-order valence-corrected chi connectivity index (χ3v) is 9.20. The Bertz CT molecular complexity index is 1430. The van der Waals surface area contributed by atoms with Crippen LogP contribution in [0, 0.1) is 13.8 Å². The van der Waals surface area contributed by atoms with Gasteiger partial charge in [-0.25, -0.2) is 8.42 Å². The number of halogens is 1. The Hall–Kier alpha value is -3.36. The van der Waals surface area contributed by atoms with Crippen molar-refractivity contribution in [2.24, 2.45) is 0 Å². The van der Waals surface area contributed by atoms with Gasteiger partial charge in [-0.05, 0) is 81.5 Å². The highest BCUT2D eigenvalue weighted by Gasteiger charge is 2.34. The third-order valence-electron chi connectivity index (χ3n) is 7.19. The van der Waals surface area contributed by atoms with Crippen LogP contribution in [0.1, 0.15) is 50.3 Å². The molecule has 0 unspecified atom stereocenters. The first-order valence-corrected chi connectivity index (χ1v) is 15.8. The first-order chi connectivity index (χ1) is 19.5. The first-order valence-electron chi connectivity index (χ1n) is 14.0. The maximum atomic E-state index is 14.1. The molecule has 0 bridgehead atoms. The second-order valence-electron chi connectivity index (χ2n) is 10.3. The molecule has 41 heavy (non-hydrogen) atoms. The molecule has 3 aromatic carbocycles. The maximum Gasteiger partial charge on any atom is 0.264 e. The van der Waals surface area contributed by atoms with E-state index in [1.165, 1.54) is 17.0 Å². The van der Waals surface area contributed by atoms with Crippen molar-refractivity contribution in [1.82, 2.24) is 10.2 Å². The first kappa shape index (κ1) is 32.2. The molecule has 0 spiro atoms. The third kappa shape index (κ3) is 8.33. The van der Waals surface area contributed by atoms with Gasteiger partial charge in [0.2, 0.25) is 11.8 Å². The van der Waals surface area contributed by atoms with Crippen LogP contribution in [0.25, 0.3) is 0 Å². The van der Waals surface area contributed by atoms with Gasteiger partial charge in [0, 0.05) is 17.6 Å². The lowest BCUT2D eigenvalue weighted by Crippen LogP contribution is -2.54. The van der Waals surface area contributed by atoms with Crippen molar-refractivity contribution in [2.45, 2.75) is 70.9 Å². The summed E-state index contributed by atoms with van der Waals surface area (Å²) in [6, 6.07) is 20.3. The highest BCUT2D eigenvalue weighted by Crippen LogP contribution is 2.29. The lowest BCUT2D eigenvalue weighted by Gasteiger charge is -2.34. The van der Waals surface area contributed by atoms with Crippen LogP contribution in [0.15, 0.2) is 77.7 Å². The summed E-state index contributed by atoms with van der Waals surface area (Å²) in [7, 11) is -4.14. The molecule has 1 N–H and O–H groups in total. The van der Waals surface area contributed by atoms with E-state index in [1.54, 1.807) is 37.3 Å². The lowest BCUT2D eigenvalue weighted by atomic mass is 10.1. The molecule has 0 aliphatic heterocycles. The van der Waals surface area contributed by atoms with E-state index in [-0.39, 0.29) is 23.4 Å². The number of aryl methyl sites for hydroxylation is 2. The van der Waals surface area contributed by atoms with Gasteiger partial charge in [-0.1, -0.05) is 73.5 Å². The Morgan fingerprint density at radius 3 is 2.17 bits per heavy atom. The van der Waals surface area contributed by atoms with Crippen molar-refractivity contribution in [1.29, 1.82) is 0 Å². The standard InChI is InChI=1S/C32H40ClN3O4S/c1-6-25(5)34-32(38)29(7-2)35(20-19-26-11-9-8-10-12-26)31(37)22-36(30-18-15-27(33)21-24(30)4)41(39,40)28-16-13-23(3)14-17-28/h8-18,21,25,29H,6-7,19-20,22H2,1-5H3,(H,34,38)/t25-,29+/m0/s1. The van der Waals surface area contributed by atoms with E-state index >= 15 is 0 Å². The zero-order chi connectivity index (χ0) is 30.2. The highest BCUT2D eigenvalue weighted by molar-refractivity contribution is 7.92. The molecule has 9 heteroatoms. The molecule has 0 radical (unpaired) electrons. The molecule has 0 heterocycles. The molecule has 0 aliphatic carbocycles. The summed E-state index contributed by atoms with van der Waals surface area (Å²) in [5, 5.41) is 3.46. The topological polar surface area (TPSA) is 86.8 Å². The van der Waals surface area contributed by atoms with Crippen LogP contribution in [-0.4, -0.2) is 50.3 Å². The lowest BCUT2D eigenvalue weighted by molar-refractivity contribution is -0.139. The Morgan fingerprint density at radius 1 is 0.927 bits per heavy atom. The minimum atomic E-state index is -4.14. The minimum absolute atomic E-state index is 0.0576. The average Bonchev–Trinajstić information content (AvgIpc) is 2.94. The van der Waals surface area contributed by atoms with Crippen LogP contribution in [0.5, 0.6) is 0 Å². The van der Waals surface area contributed by atoms with E-state index in [2.05, 4.69) is 5.32 Å². The zero-order valence-electron chi connectivity index (χ0n) is 24.4. The summed E-state index contributed by atoms with van der Waals surface area (Å²) >= 11 is 6.19. The van der Waals surface area contributed by atoms with Gasteiger partial charge in [0.05, 0.1) is 10.6 Å². The summed E-state index contributed by atoms with van der Waals surface area (Å²) in [4.78, 5) is 29.1. The van der Waals surface area contributed by atoms with Crippen LogP contribution in [-0.2, 0) is 26.0 Å². The number of carbonyl (C=O) groups is 2. The molecule has 0 saturated heterocycles. The van der Waals surface area contributed by atoms with Crippen molar-refractivity contribution in [2.75, 3.05) is 17.4 Å². The number of anilines is 1. The zero-order valence-corrected chi connectivity index (χ0v) is 26.0. The Morgan fingerprint density at radius 2 is 1.59 bits per heavy atom. The fourth-order valence-electron chi connectivity index (χ4n) is 4.59. The van der Waals surface area contributed by atoms with Crippen LogP contribution in [0.2, 0.25) is 5.02 Å². The normalized spacial score (nSPS) is 12.8. The number of amides is 2. The second-order valence-corrected chi connectivity index (χ2v) is 12.6. The smallest absolute Gasteiger partial charge is 0.264 e. The van der Waals surface area contributed by atoms with Crippen molar-refractivity contribution in [3.05, 3.63) is 94.5 Å². The molecule has 3 rings (SSSR count). The van der Waals surface area contributed by atoms with E-state index in [4.69, 9.17) is 11.6 Å². The van der Waals surface area contributed by atoms with Crippen molar-refractivity contribution >= 4 is 39.1 Å². The molecule has 0 saturated carbocycles. The van der Waals surface area contributed by atoms with Gasteiger partial charge < -0.3 is 10.2 Å². The van der Waals surface area contributed by atoms with Gasteiger partial charge in [0.15, 0.2) is 0 Å². The second kappa shape index (κ2) is 14.5. The van der Waals surface area contributed by atoms with Crippen molar-refractivity contribution in [3.8, 4) is 0 Å².